The van der Waals surface area contributed by atoms with E-state index in [4.69, 9.17) is 9.47 Å². The maximum absolute atomic E-state index is 11.4. The number of ether oxygens (including phenoxy) is 2. The van der Waals surface area contributed by atoms with Crippen molar-refractivity contribution in [1.82, 2.24) is 9.80 Å². The Morgan fingerprint density at radius 3 is 2.16 bits per heavy atom. The molecule has 0 bridgehead atoms. The predicted octanol–water partition coefficient (Wildman–Crippen LogP) is 0.246. The van der Waals surface area contributed by atoms with Crippen LogP contribution in [0.25, 0.3) is 0 Å². The minimum Gasteiger partial charge on any atom is -0.383 e. The van der Waals surface area contributed by atoms with Gasteiger partial charge in [0.1, 0.15) is 6.61 Å². The largest absolute Gasteiger partial charge is 0.383 e. The number of hydrogen-bond acceptors (Lipinski definition) is 5. The van der Waals surface area contributed by atoms with Crippen LogP contribution in [0.1, 0.15) is 12.8 Å². The number of Topliss-reactive ketones (excluding diaryl/α,β-unsaturated/α-hetero) is 1. The molecule has 19 heavy (non-hydrogen) atoms. The van der Waals surface area contributed by atoms with Crippen LogP contribution in [0, 0.1) is 5.92 Å². The van der Waals surface area contributed by atoms with Gasteiger partial charge in [-0.2, -0.15) is 0 Å². The second-order valence-corrected chi connectivity index (χ2v) is 5.47. The normalized spacial score (nSPS) is 21.7. The van der Waals surface area contributed by atoms with Crippen molar-refractivity contribution in [3.63, 3.8) is 0 Å². The molecule has 5 heteroatoms. The van der Waals surface area contributed by atoms with Crippen molar-refractivity contribution in [2.75, 3.05) is 66.2 Å². The highest BCUT2D eigenvalue weighted by Gasteiger charge is 2.29. The van der Waals surface area contributed by atoms with Gasteiger partial charge in [-0.3, -0.25) is 14.6 Å². The van der Waals surface area contributed by atoms with Crippen LogP contribution in [0.5, 0.6) is 0 Å². The van der Waals surface area contributed by atoms with Crippen molar-refractivity contribution >= 4 is 5.78 Å². The molecule has 0 radical (unpaired) electrons. The maximum Gasteiger partial charge on any atom is 0.161 e. The summed E-state index contributed by atoms with van der Waals surface area (Å²) in [4.78, 5) is 16.3. The third-order valence-corrected chi connectivity index (χ3v) is 3.91. The number of nitrogens with zero attached hydrogens (tertiary/aromatic N) is 2. The highest BCUT2D eigenvalue weighted by atomic mass is 16.5. The lowest BCUT2D eigenvalue weighted by molar-refractivity contribution is -0.125. The van der Waals surface area contributed by atoms with Crippen LogP contribution in [0.4, 0.5) is 0 Å². The zero-order chi connectivity index (χ0) is 13.5. The molecule has 0 aromatic heterocycles. The maximum atomic E-state index is 11.4. The van der Waals surface area contributed by atoms with E-state index in [1.807, 2.05) is 0 Å². The van der Waals surface area contributed by atoms with E-state index >= 15 is 0 Å². The molecule has 1 heterocycles. The first-order chi connectivity index (χ1) is 9.29. The molecule has 0 aromatic rings. The topological polar surface area (TPSA) is 42.0 Å². The van der Waals surface area contributed by atoms with Crippen molar-refractivity contribution in [2.24, 2.45) is 5.92 Å². The van der Waals surface area contributed by atoms with Crippen LogP contribution in [0.2, 0.25) is 0 Å². The van der Waals surface area contributed by atoms with Gasteiger partial charge in [-0.25, -0.2) is 0 Å². The summed E-state index contributed by atoms with van der Waals surface area (Å²) in [5, 5.41) is 0. The Hall–Kier alpha value is -0.490. The number of hydrogen-bond donors (Lipinski definition) is 0. The Labute approximate surface area is 115 Å². The fourth-order valence-electron chi connectivity index (χ4n) is 2.35. The van der Waals surface area contributed by atoms with Crippen molar-refractivity contribution in [1.29, 1.82) is 0 Å². The van der Waals surface area contributed by atoms with Gasteiger partial charge in [-0.15, -0.1) is 0 Å². The van der Waals surface area contributed by atoms with Crippen LogP contribution in [0.15, 0.2) is 0 Å². The average molecular weight is 270 g/mol. The minimum absolute atomic E-state index is 0.296. The van der Waals surface area contributed by atoms with Crippen molar-refractivity contribution in [2.45, 2.75) is 12.8 Å². The Morgan fingerprint density at radius 2 is 1.63 bits per heavy atom. The number of ketones is 1. The van der Waals surface area contributed by atoms with E-state index in [1.54, 1.807) is 7.11 Å². The van der Waals surface area contributed by atoms with E-state index in [-0.39, 0.29) is 0 Å². The molecule has 2 rings (SSSR count). The summed E-state index contributed by atoms with van der Waals surface area (Å²) in [6.45, 7) is 8.15. The van der Waals surface area contributed by atoms with E-state index in [0.29, 0.717) is 24.9 Å². The predicted molar refractivity (Wildman–Crippen MR) is 73.3 cm³/mol. The SMILES string of the molecule is COCCN1CCN(CCOCC(=O)C2CC2)CC1. The third-order valence-electron chi connectivity index (χ3n) is 3.91. The van der Waals surface area contributed by atoms with Gasteiger partial charge >= 0.3 is 0 Å². The molecule has 1 aliphatic heterocycles. The molecule has 0 unspecified atom stereocenters. The monoisotopic (exact) mass is 270 g/mol. The van der Waals surface area contributed by atoms with Crippen LogP contribution >= 0.6 is 0 Å². The number of carbonyl (C=O) groups excluding carboxylic acids is 1. The van der Waals surface area contributed by atoms with Gasteiger partial charge in [0, 0.05) is 52.3 Å². The number of piperazine rings is 1. The molecule has 2 fully saturated rings. The van der Waals surface area contributed by atoms with Crippen LogP contribution in [-0.2, 0) is 14.3 Å². The smallest absolute Gasteiger partial charge is 0.161 e. The molecule has 0 atom stereocenters. The summed E-state index contributed by atoms with van der Waals surface area (Å²) >= 11 is 0. The number of rotatable bonds is 9. The van der Waals surface area contributed by atoms with E-state index in [0.717, 1.165) is 58.7 Å². The summed E-state index contributed by atoms with van der Waals surface area (Å²) in [6, 6.07) is 0. The fourth-order valence-corrected chi connectivity index (χ4v) is 2.35. The Kier molecular flexibility index (Phi) is 6.23. The summed E-state index contributed by atoms with van der Waals surface area (Å²) in [5.74, 6) is 0.619. The van der Waals surface area contributed by atoms with Gasteiger partial charge < -0.3 is 9.47 Å². The summed E-state index contributed by atoms with van der Waals surface area (Å²) in [7, 11) is 1.75. The third kappa shape index (κ3) is 5.57. The van der Waals surface area contributed by atoms with Crippen LogP contribution < -0.4 is 0 Å². The molecular formula is C14H26N2O3. The molecule has 5 nitrogen and oxygen atoms in total. The van der Waals surface area contributed by atoms with E-state index < -0.39 is 0 Å². The van der Waals surface area contributed by atoms with Gasteiger partial charge in [0.15, 0.2) is 5.78 Å². The molecule has 2 aliphatic rings. The molecule has 0 amide bonds. The average Bonchev–Trinajstić information content (AvgIpc) is 3.27. The second kappa shape index (κ2) is 7.94. The lowest BCUT2D eigenvalue weighted by Gasteiger charge is -2.34. The first kappa shape index (κ1) is 14.9. The second-order valence-electron chi connectivity index (χ2n) is 5.47. The van der Waals surface area contributed by atoms with Gasteiger partial charge in [0.25, 0.3) is 0 Å². The zero-order valence-corrected chi connectivity index (χ0v) is 12.0. The van der Waals surface area contributed by atoms with Gasteiger partial charge in [-0.05, 0) is 12.8 Å². The van der Waals surface area contributed by atoms with Crippen molar-refractivity contribution in [3.05, 3.63) is 0 Å². The molecule has 0 N–H and O–H groups in total. The lowest BCUT2D eigenvalue weighted by atomic mass is 10.3. The summed E-state index contributed by atoms with van der Waals surface area (Å²) < 4.78 is 10.6. The first-order valence-electron chi connectivity index (χ1n) is 7.33. The molecule has 110 valence electrons. The quantitative estimate of drug-likeness (QED) is 0.562. The Bertz CT molecular complexity index is 274. The van der Waals surface area contributed by atoms with E-state index in [2.05, 4.69) is 9.80 Å². The molecular weight excluding hydrogens is 244 g/mol. The molecule has 1 aliphatic carbocycles. The molecule has 1 saturated carbocycles. The van der Waals surface area contributed by atoms with Gasteiger partial charge in [-0.1, -0.05) is 0 Å². The summed E-state index contributed by atoms with van der Waals surface area (Å²) in [5.41, 5.74) is 0. The number of carbonyl (C=O) groups is 1. The van der Waals surface area contributed by atoms with Crippen molar-refractivity contribution < 1.29 is 14.3 Å². The Balaban J connectivity index is 1.47. The number of methoxy groups -OCH3 is 1. The van der Waals surface area contributed by atoms with Gasteiger partial charge in [0.05, 0.1) is 13.2 Å². The standard InChI is InChI=1S/C14H26N2O3/c1-18-10-8-15-4-6-16(7-5-15)9-11-19-12-14(17)13-2-3-13/h13H,2-12H2,1H3. The molecule has 1 saturated heterocycles. The highest BCUT2D eigenvalue weighted by molar-refractivity contribution is 5.84. The van der Waals surface area contributed by atoms with Crippen LogP contribution in [0.3, 0.4) is 0 Å². The zero-order valence-electron chi connectivity index (χ0n) is 12.0. The first-order valence-corrected chi connectivity index (χ1v) is 7.33. The molecule has 0 aromatic carbocycles. The Morgan fingerprint density at radius 1 is 1.05 bits per heavy atom. The highest BCUT2D eigenvalue weighted by Crippen LogP contribution is 2.29. The molecule has 0 spiro atoms. The lowest BCUT2D eigenvalue weighted by Crippen LogP contribution is -2.48. The van der Waals surface area contributed by atoms with Crippen molar-refractivity contribution in [3.8, 4) is 0 Å². The minimum atomic E-state index is 0.296. The fraction of sp³-hybridized carbons (Fsp3) is 0.929. The van der Waals surface area contributed by atoms with Gasteiger partial charge in [0.2, 0.25) is 0 Å². The van der Waals surface area contributed by atoms with Crippen LogP contribution in [-0.4, -0.2) is 81.8 Å². The van der Waals surface area contributed by atoms with E-state index in [1.165, 1.54) is 0 Å². The summed E-state index contributed by atoms with van der Waals surface area (Å²) in [6.07, 6.45) is 2.15. The van der Waals surface area contributed by atoms with E-state index in [9.17, 15) is 4.79 Å².